The van der Waals surface area contributed by atoms with Crippen LogP contribution in [0.5, 0.6) is 0 Å². The van der Waals surface area contributed by atoms with Crippen LogP contribution in [-0.4, -0.2) is 33.6 Å². The van der Waals surface area contributed by atoms with Crippen molar-refractivity contribution in [1.82, 2.24) is 5.32 Å². The monoisotopic (exact) mass is 413 g/mol. The smallest absolute Gasteiger partial charge is 0.417 e. The molecular weight excluding hydrogens is 406 g/mol. The number of nitrogens with zero attached hydrogens (tertiary/aromatic N) is 2. The highest BCUT2D eigenvalue weighted by molar-refractivity contribution is 8.15. The average molecular weight is 414 g/mol. The number of carbonyl (C=O) groups excluding carboxylic acids is 1. The van der Waals surface area contributed by atoms with Gasteiger partial charge in [-0.1, -0.05) is 35.0 Å². The molecule has 0 aromatic heterocycles. The molecule has 0 aliphatic carbocycles. The number of carbonyl (C=O) groups is 2. The average Bonchev–Trinajstić information content (AvgIpc) is 2.80. The Kier molecular flexibility index (Phi) is 5.96. The molecular formula is C13H8Cl2F3N3O3S. The summed E-state index contributed by atoms with van der Waals surface area (Å²) in [7, 11) is 0. The molecule has 1 unspecified atom stereocenters. The van der Waals surface area contributed by atoms with E-state index in [-0.39, 0.29) is 15.8 Å². The zero-order valence-corrected chi connectivity index (χ0v) is 14.3. The van der Waals surface area contributed by atoms with Crippen molar-refractivity contribution in [3.8, 4) is 0 Å². The molecule has 2 rings (SSSR count). The van der Waals surface area contributed by atoms with Crippen LogP contribution in [0.2, 0.25) is 10.0 Å². The molecule has 6 nitrogen and oxygen atoms in total. The van der Waals surface area contributed by atoms with Crippen LogP contribution < -0.4 is 5.32 Å². The van der Waals surface area contributed by atoms with Gasteiger partial charge in [-0.2, -0.15) is 18.3 Å². The minimum atomic E-state index is -4.66. The van der Waals surface area contributed by atoms with E-state index in [0.717, 1.165) is 30.1 Å². The van der Waals surface area contributed by atoms with Gasteiger partial charge in [0.2, 0.25) is 5.91 Å². The molecule has 12 heteroatoms. The van der Waals surface area contributed by atoms with Gasteiger partial charge in [-0.3, -0.25) is 9.59 Å². The Bertz CT molecular complexity index is 784. The fraction of sp³-hybridized carbons (Fsp3) is 0.231. The fourth-order valence-electron chi connectivity index (χ4n) is 1.79. The second-order valence-corrected chi connectivity index (χ2v) is 6.64. The Labute approximate surface area is 153 Å². The summed E-state index contributed by atoms with van der Waals surface area (Å²) >= 11 is 12.4. The molecule has 0 spiro atoms. The largest absolute Gasteiger partial charge is 0.481 e. The molecule has 1 atom stereocenters. The first-order valence-electron chi connectivity index (χ1n) is 6.45. The summed E-state index contributed by atoms with van der Waals surface area (Å²) < 4.78 is 38.5. The van der Waals surface area contributed by atoms with Crippen LogP contribution in [0.1, 0.15) is 17.5 Å². The lowest BCUT2D eigenvalue weighted by Gasteiger charge is -2.11. The van der Waals surface area contributed by atoms with Crippen LogP contribution in [0.4, 0.5) is 13.2 Å². The van der Waals surface area contributed by atoms with E-state index in [1.807, 2.05) is 0 Å². The van der Waals surface area contributed by atoms with E-state index in [1.54, 1.807) is 0 Å². The number of hydrogen-bond donors (Lipinski definition) is 2. The molecule has 2 N–H and O–H groups in total. The van der Waals surface area contributed by atoms with Crippen molar-refractivity contribution in [3.63, 3.8) is 0 Å². The van der Waals surface area contributed by atoms with Crippen molar-refractivity contribution >= 4 is 58.2 Å². The van der Waals surface area contributed by atoms with Crippen LogP contribution in [0, 0.1) is 0 Å². The third-order valence-corrected chi connectivity index (χ3v) is 4.71. The SMILES string of the molecule is O=C(O)CC1SC(=NN=Cc2c(Cl)ccc(C(F)(F)F)c2Cl)NC1=O. The standard InChI is InChI=1S/C13H8Cl2F3N3O3S/c14-7-2-1-6(13(16,17)18)10(15)5(7)4-19-21-12-20-11(24)8(25-12)3-9(22)23/h1-2,4,8H,3H2,(H,22,23)(H,20,21,24). The highest BCUT2D eigenvalue weighted by atomic mass is 35.5. The molecule has 1 saturated heterocycles. The number of rotatable bonds is 4. The van der Waals surface area contributed by atoms with Gasteiger partial charge >= 0.3 is 12.1 Å². The van der Waals surface area contributed by atoms with E-state index in [1.165, 1.54) is 0 Å². The minimum Gasteiger partial charge on any atom is -0.481 e. The molecule has 1 aromatic carbocycles. The molecule has 134 valence electrons. The molecule has 1 heterocycles. The summed E-state index contributed by atoms with van der Waals surface area (Å²) in [4.78, 5) is 22.1. The number of carboxylic acids is 1. The first-order valence-corrected chi connectivity index (χ1v) is 8.08. The Morgan fingerprint density at radius 2 is 2.08 bits per heavy atom. The maximum Gasteiger partial charge on any atom is 0.417 e. The van der Waals surface area contributed by atoms with E-state index in [9.17, 15) is 22.8 Å². The third-order valence-electron chi connectivity index (χ3n) is 2.90. The van der Waals surface area contributed by atoms with Gasteiger partial charge in [0.05, 0.1) is 28.2 Å². The van der Waals surface area contributed by atoms with Crippen LogP contribution in [0.3, 0.4) is 0 Å². The van der Waals surface area contributed by atoms with Crippen LogP contribution in [-0.2, 0) is 15.8 Å². The zero-order chi connectivity index (χ0) is 18.8. The summed E-state index contributed by atoms with van der Waals surface area (Å²) in [6.45, 7) is 0. The van der Waals surface area contributed by atoms with E-state index < -0.39 is 40.3 Å². The second-order valence-electron chi connectivity index (χ2n) is 4.66. The molecule has 1 aromatic rings. The normalized spacial score (nSPS) is 19.6. The Morgan fingerprint density at radius 3 is 2.68 bits per heavy atom. The van der Waals surface area contributed by atoms with Gasteiger partial charge in [0, 0.05) is 5.56 Å². The highest BCUT2D eigenvalue weighted by Crippen LogP contribution is 2.38. The lowest BCUT2D eigenvalue weighted by atomic mass is 10.1. The van der Waals surface area contributed by atoms with E-state index in [2.05, 4.69) is 15.5 Å². The van der Waals surface area contributed by atoms with Crippen LogP contribution >= 0.6 is 35.0 Å². The van der Waals surface area contributed by atoms with Gasteiger partial charge in [0.25, 0.3) is 0 Å². The van der Waals surface area contributed by atoms with Crippen molar-refractivity contribution in [3.05, 3.63) is 33.3 Å². The zero-order valence-electron chi connectivity index (χ0n) is 12.0. The number of nitrogens with one attached hydrogen (secondary N) is 1. The van der Waals surface area contributed by atoms with Crippen molar-refractivity contribution in [2.45, 2.75) is 17.8 Å². The molecule has 1 amide bonds. The van der Waals surface area contributed by atoms with Crippen molar-refractivity contribution in [1.29, 1.82) is 0 Å². The minimum absolute atomic E-state index is 0.0201. The van der Waals surface area contributed by atoms with Gasteiger partial charge in [-0.15, -0.1) is 5.10 Å². The first kappa shape index (κ1) is 19.5. The number of amidine groups is 1. The predicted molar refractivity (Wildman–Crippen MR) is 88.3 cm³/mol. The summed E-state index contributed by atoms with van der Waals surface area (Å²) in [5.74, 6) is -1.70. The van der Waals surface area contributed by atoms with Crippen molar-refractivity contribution in [2.75, 3.05) is 0 Å². The molecule has 0 radical (unpaired) electrons. The number of hydrogen-bond acceptors (Lipinski definition) is 5. The number of thioether (sulfide) groups is 1. The maximum atomic E-state index is 12.8. The third kappa shape index (κ3) is 4.86. The lowest BCUT2D eigenvalue weighted by molar-refractivity contribution is -0.138. The number of amides is 1. The maximum absolute atomic E-state index is 12.8. The molecule has 1 fully saturated rings. The Hall–Kier alpha value is -1.78. The first-order chi connectivity index (χ1) is 11.6. The van der Waals surface area contributed by atoms with Crippen molar-refractivity contribution in [2.24, 2.45) is 10.2 Å². The van der Waals surface area contributed by atoms with E-state index >= 15 is 0 Å². The molecule has 1 aliphatic rings. The van der Waals surface area contributed by atoms with E-state index in [0.29, 0.717) is 0 Å². The van der Waals surface area contributed by atoms with Crippen LogP contribution in [0.25, 0.3) is 0 Å². The van der Waals surface area contributed by atoms with Crippen molar-refractivity contribution < 1.29 is 27.9 Å². The fourth-order valence-corrected chi connectivity index (χ4v) is 3.28. The Morgan fingerprint density at radius 1 is 1.40 bits per heavy atom. The lowest BCUT2D eigenvalue weighted by Crippen LogP contribution is -2.26. The second kappa shape index (κ2) is 7.63. The van der Waals surface area contributed by atoms with Gasteiger partial charge < -0.3 is 10.4 Å². The quantitative estimate of drug-likeness (QED) is 0.584. The van der Waals surface area contributed by atoms with Gasteiger partial charge in [-0.05, 0) is 12.1 Å². The van der Waals surface area contributed by atoms with Gasteiger partial charge in [0.15, 0.2) is 5.17 Å². The molecule has 1 aliphatic heterocycles. The number of benzene rings is 1. The summed E-state index contributed by atoms with van der Waals surface area (Å²) in [6, 6.07) is 1.77. The predicted octanol–water partition coefficient (Wildman–Crippen LogP) is 3.41. The highest BCUT2D eigenvalue weighted by Gasteiger charge is 2.34. The van der Waals surface area contributed by atoms with Gasteiger partial charge in [0.1, 0.15) is 5.25 Å². The summed E-state index contributed by atoms with van der Waals surface area (Å²) in [5.41, 5.74) is -1.25. The number of carboxylic acid groups (broad SMARTS) is 1. The summed E-state index contributed by atoms with van der Waals surface area (Å²) in [6.07, 6.45) is -4.13. The van der Waals surface area contributed by atoms with Crippen LogP contribution in [0.15, 0.2) is 22.3 Å². The molecule has 25 heavy (non-hydrogen) atoms. The molecule has 0 bridgehead atoms. The topological polar surface area (TPSA) is 91.1 Å². The van der Waals surface area contributed by atoms with E-state index in [4.69, 9.17) is 28.3 Å². The number of alkyl halides is 3. The van der Waals surface area contributed by atoms with Gasteiger partial charge in [-0.25, -0.2) is 0 Å². The Balaban J connectivity index is 2.20. The number of halogens is 5. The number of aliphatic carboxylic acids is 1. The molecule has 0 saturated carbocycles. The summed E-state index contributed by atoms with van der Waals surface area (Å²) in [5, 5.41) is 16.6.